The fourth-order valence-electron chi connectivity index (χ4n) is 3.31. The lowest BCUT2D eigenvalue weighted by Gasteiger charge is -2.24. The predicted octanol–water partition coefficient (Wildman–Crippen LogP) is 2.16. The molecule has 1 atom stereocenters. The number of hydrogen-bond donors (Lipinski definition) is 0. The van der Waals surface area contributed by atoms with Gasteiger partial charge < -0.3 is 9.05 Å². The minimum Gasteiger partial charge on any atom is -0.339 e. The van der Waals surface area contributed by atoms with Gasteiger partial charge in [0.1, 0.15) is 0 Å². The molecule has 1 unspecified atom stereocenters. The van der Waals surface area contributed by atoms with Gasteiger partial charge in [0.15, 0.2) is 11.6 Å². The number of hydrogen-bond acceptors (Lipinski definition) is 8. The van der Waals surface area contributed by atoms with E-state index in [9.17, 15) is 0 Å². The second-order valence-electron chi connectivity index (χ2n) is 7.06. The largest absolute Gasteiger partial charge is 0.339 e. The number of aromatic nitrogens is 4. The summed E-state index contributed by atoms with van der Waals surface area (Å²) in [7, 11) is 0. The SMILES string of the molecule is CCc1nc(CN2CCCN(C(C)c3nc(C4CC4)no3)CC2)no1. The molecule has 0 radical (unpaired) electrons. The molecule has 4 rings (SSSR count). The standard InChI is InChI=1S/C17H26N6O2/c1-3-15-18-14(20-24-15)11-22-7-4-8-23(10-9-22)12(2)17-19-16(21-25-17)13-5-6-13/h12-13H,3-11H2,1-2H3. The van der Waals surface area contributed by atoms with Crippen LogP contribution in [0.1, 0.15) is 68.5 Å². The zero-order valence-corrected chi connectivity index (χ0v) is 15.0. The van der Waals surface area contributed by atoms with Gasteiger partial charge in [-0.1, -0.05) is 17.2 Å². The molecular formula is C17H26N6O2. The molecule has 25 heavy (non-hydrogen) atoms. The van der Waals surface area contributed by atoms with Crippen LogP contribution in [0.15, 0.2) is 9.05 Å². The molecule has 136 valence electrons. The van der Waals surface area contributed by atoms with Crippen LogP contribution in [-0.2, 0) is 13.0 Å². The Morgan fingerprint density at radius 2 is 1.96 bits per heavy atom. The van der Waals surface area contributed by atoms with Crippen LogP contribution < -0.4 is 0 Å². The lowest BCUT2D eigenvalue weighted by molar-refractivity contribution is 0.174. The van der Waals surface area contributed by atoms with E-state index in [4.69, 9.17) is 9.05 Å². The van der Waals surface area contributed by atoms with E-state index < -0.39 is 0 Å². The van der Waals surface area contributed by atoms with Crippen molar-refractivity contribution in [2.45, 2.75) is 58.0 Å². The molecule has 0 N–H and O–H groups in total. The second kappa shape index (κ2) is 7.21. The van der Waals surface area contributed by atoms with Gasteiger partial charge in [-0.25, -0.2) is 0 Å². The third-order valence-corrected chi connectivity index (χ3v) is 5.11. The Morgan fingerprint density at radius 1 is 1.08 bits per heavy atom. The maximum atomic E-state index is 5.51. The van der Waals surface area contributed by atoms with E-state index in [1.54, 1.807) is 0 Å². The van der Waals surface area contributed by atoms with E-state index in [0.29, 0.717) is 11.8 Å². The summed E-state index contributed by atoms with van der Waals surface area (Å²) in [5, 5.41) is 8.21. The quantitative estimate of drug-likeness (QED) is 0.787. The molecule has 8 heteroatoms. The first-order chi connectivity index (χ1) is 12.2. The van der Waals surface area contributed by atoms with Crippen LogP contribution in [0.4, 0.5) is 0 Å². The molecule has 1 saturated heterocycles. The van der Waals surface area contributed by atoms with Gasteiger partial charge in [0, 0.05) is 32.0 Å². The Bertz CT molecular complexity index is 695. The fourth-order valence-corrected chi connectivity index (χ4v) is 3.31. The molecule has 1 saturated carbocycles. The molecule has 1 aliphatic carbocycles. The van der Waals surface area contributed by atoms with E-state index in [2.05, 4.69) is 37.0 Å². The molecule has 8 nitrogen and oxygen atoms in total. The smallest absolute Gasteiger partial charge is 0.243 e. The first kappa shape index (κ1) is 16.7. The Kier molecular flexibility index (Phi) is 4.80. The minimum absolute atomic E-state index is 0.164. The van der Waals surface area contributed by atoms with Crippen molar-refractivity contribution < 1.29 is 9.05 Å². The molecule has 1 aliphatic heterocycles. The summed E-state index contributed by atoms with van der Waals surface area (Å²) in [6.07, 6.45) is 4.28. The molecule has 2 fully saturated rings. The first-order valence-corrected chi connectivity index (χ1v) is 9.34. The van der Waals surface area contributed by atoms with Crippen molar-refractivity contribution in [3.63, 3.8) is 0 Å². The Hall–Kier alpha value is -1.80. The van der Waals surface area contributed by atoms with Crippen LogP contribution in [0.3, 0.4) is 0 Å². The average molecular weight is 346 g/mol. The highest BCUT2D eigenvalue weighted by Gasteiger charge is 2.31. The van der Waals surface area contributed by atoms with Crippen LogP contribution in [-0.4, -0.2) is 56.3 Å². The zero-order valence-electron chi connectivity index (χ0n) is 15.0. The zero-order chi connectivity index (χ0) is 17.2. The summed E-state index contributed by atoms with van der Waals surface area (Å²) in [6.45, 7) is 8.95. The molecule has 3 heterocycles. The Balaban J connectivity index is 1.33. The summed E-state index contributed by atoms with van der Waals surface area (Å²) in [5.74, 6) is 3.67. The molecule has 0 spiro atoms. The van der Waals surface area contributed by atoms with Gasteiger partial charge in [0.2, 0.25) is 11.8 Å². The van der Waals surface area contributed by atoms with Gasteiger partial charge >= 0.3 is 0 Å². The summed E-state index contributed by atoms with van der Waals surface area (Å²) in [6, 6.07) is 0.164. The lowest BCUT2D eigenvalue weighted by Crippen LogP contribution is -2.32. The van der Waals surface area contributed by atoms with Crippen molar-refractivity contribution in [3.8, 4) is 0 Å². The van der Waals surface area contributed by atoms with Gasteiger partial charge in [-0.2, -0.15) is 9.97 Å². The maximum absolute atomic E-state index is 5.51. The van der Waals surface area contributed by atoms with Crippen molar-refractivity contribution in [2.24, 2.45) is 0 Å². The van der Waals surface area contributed by atoms with Gasteiger partial charge in [-0.15, -0.1) is 0 Å². The third-order valence-electron chi connectivity index (χ3n) is 5.11. The van der Waals surface area contributed by atoms with Crippen molar-refractivity contribution in [1.29, 1.82) is 0 Å². The van der Waals surface area contributed by atoms with Gasteiger partial charge in [0.05, 0.1) is 12.6 Å². The molecule has 2 aliphatic rings. The summed E-state index contributed by atoms with van der Waals surface area (Å²) < 4.78 is 10.7. The van der Waals surface area contributed by atoms with Crippen LogP contribution in [0.2, 0.25) is 0 Å². The van der Waals surface area contributed by atoms with E-state index in [0.717, 1.165) is 63.1 Å². The monoisotopic (exact) mass is 346 g/mol. The van der Waals surface area contributed by atoms with Crippen LogP contribution in [0.25, 0.3) is 0 Å². The van der Waals surface area contributed by atoms with Gasteiger partial charge in [0.25, 0.3) is 0 Å². The summed E-state index contributed by atoms with van der Waals surface area (Å²) in [4.78, 5) is 13.8. The number of aryl methyl sites for hydroxylation is 1. The van der Waals surface area contributed by atoms with Crippen molar-refractivity contribution in [2.75, 3.05) is 26.2 Å². The Labute approximate surface area is 147 Å². The molecule has 0 amide bonds. The summed E-state index contributed by atoms with van der Waals surface area (Å²) >= 11 is 0. The van der Waals surface area contributed by atoms with E-state index >= 15 is 0 Å². The van der Waals surface area contributed by atoms with E-state index in [1.807, 2.05) is 6.92 Å². The van der Waals surface area contributed by atoms with Gasteiger partial charge in [-0.3, -0.25) is 9.80 Å². The molecule has 2 aromatic rings. The molecule has 0 bridgehead atoms. The van der Waals surface area contributed by atoms with Crippen molar-refractivity contribution in [3.05, 3.63) is 23.4 Å². The van der Waals surface area contributed by atoms with E-state index in [1.165, 1.54) is 12.8 Å². The fraction of sp³-hybridized carbons (Fsp3) is 0.765. The lowest BCUT2D eigenvalue weighted by atomic mass is 10.2. The highest BCUT2D eigenvalue weighted by molar-refractivity contribution is 5.04. The first-order valence-electron chi connectivity index (χ1n) is 9.34. The molecule has 0 aromatic carbocycles. The second-order valence-corrected chi connectivity index (χ2v) is 7.06. The topological polar surface area (TPSA) is 84.3 Å². The Morgan fingerprint density at radius 3 is 2.72 bits per heavy atom. The highest BCUT2D eigenvalue weighted by atomic mass is 16.5. The maximum Gasteiger partial charge on any atom is 0.243 e. The van der Waals surface area contributed by atoms with E-state index in [-0.39, 0.29) is 6.04 Å². The van der Waals surface area contributed by atoms with Crippen LogP contribution in [0, 0.1) is 0 Å². The summed E-state index contributed by atoms with van der Waals surface area (Å²) in [5.41, 5.74) is 0. The average Bonchev–Trinajstić information content (AvgIpc) is 3.26. The highest BCUT2D eigenvalue weighted by Crippen LogP contribution is 2.38. The number of nitrogens with zero attached hydrogens (tertiary/aromatic N) is 6. The minimum atomic E-state index is 0.164. The van der Waals surface area contributed by atoms with Crippen molar-refractivity contribution >= 4 is 0 Å². The molecule has 2 aromatic heterocycles. The van der Waals surface area contributed by atoms with Crippen LogP contribution in [0.5, 0.6) is 0 Å². The van der Waals surface area contributed by atoms with Crippen molar-refractivity contribution in [1.82, 2.24) is 30.1 Å². The van der Waals surface area contributed by atoms with Crippen LogP contribution >= 0.6 is 0 Å². The predicted molar refractivity (Wildman–Crippen MR) is 89.8 cm³/mol. The normalized spacial score (nSPS) is 21.4. The van der Waals surface area contributed by atoms with Gasteiger partial charge in [-0.05, 0) is 32.7 Å². The third kappa shape index (κ3) is 3.90. The number of rotatable bonds is 6. The molecular weight excluding hydrogens is 320 g/mol.